The maximum atomic E-state index is 15.1. The molecular formula is C30H27ClF3N3O4. The minimum atomic E-state index is -1.21. The monoisotopic (exact) mass is 585 g/mol. The van der Waals surface area contributed by atoms with Crippen LogP contribution in [0, 0.1) is 23.4 Å². The van der Waals surface area contributed by atoms with Gasteiger partial charge in [-0.1, -0.05) is 30.9 Å². The van der Waals surface area contributed by atoms with Gasteiger partial charge in [-0.15, -0.1) is 0 Å². The van der Waals surface area contributed by atoms with Crippen LogP contribution < -0.4 is 10.1 Å². The molecule has 1 aliphatic rings. The Labute approximate surface area is 238 Å². The maximum absolute atomic E-state index is 15.1. The summed E-state index contributed by atoms with van der Waals surface area (Å²) >= 11 is 6.09. The van der Waals surface area contributed by atoms with E-state index >= 15 is 4.39 Å². The van der Waals surface area contributed by atoms with Crippen molar-refractivity contribution in [2.75, 3.05) is 5.32 Å². The molecule has 2 unspecified atom stereocenters. The molecule has 0 radical (unpaired) electrons. The number of aromatic nitrogens is 2. The van der Waals surface area contributed by atoms with E-state index in [-0.39, 0.29) is 28.4 Å². The molecular weight excluding hydrogens is 559 g/mol. The van der Waals surface area contributed by atoms with E-state index in [4.69, 9.17) is 21.4 Å². The van der Waals surface area contributed by atoms with E-state index in [1.807, 2.05) is 0 Å². The van der Waals surface area contributed by atoms with Gasteiger partial charge in [0, 0.05) is 28.8 Å². The predicted octanol–water partition coefficient (Wildman–Crippen LogP) is 7.39. The zero-order valence-electron chi connectivity index (χ0n) is 22.0. The van der Waals surface area contributed by atoms with Crippen molar-refractivity contribution in [3.63, 3.8) is 0 Å². The molecule has 1 heterocycles. The van der Waals surface area contributed by atoms with Crippen LogP contribution in [0.1, 0.15) is 45.1 Å². The van der Waals surface area contributed by atoms with Gasteiger partial charge in [-0.3, -0.25) is 4.79 Å². The van der Waals surface area contributed by atoms with Crippen LogP contribution in [0.4, 0.5) is 18.9 Å². The van der Waals surface area contributed by atoms with E-state index in [0.717, 1.165) is 37.5 Å². The summed E-state index contributed by atoms with van der Waals surface area (Å²) in [7, 11) is 0. The van der Waals surface area contributed by atoms with Gasteiger partial charge in [0.15, 0.2) is 17.7 Å². The molecule has 41 heavy (non-hydrogen) atoms. The lowest BCUT2D eigenvalue weighted by molar-refractivity contribution is -0.144. The second kappa shape index (κ2) is 11.8. The van der Waals surface area contributed by atoms with Crippen molar-refractivity contribution >= 4 is 40.2 Å². The SMILES string of the molecule is CC(Oc1ccc(NC(=O)C(C2CCCCC2)n2c(-c3ccc(Cl)cc3)nc3cc(F)c(F)cc32)c(F)c1)C(=O)O. The number of benzene rings is 3. The van der Waals surface area contributed by atoms with Crippen molar-refractivity contribution in [3.8, 4) is 17.1 Å². The highest BCUT2D eigenvalue weighted by Gasteiger charge is 2.35. The van der Waals surface area contributed by atoms with E-state index < -0.39 is 41.5 Å². The molecule has 0 saturated heterocycles. The number of carbonyl (C=O) groups excluding carboxylic acids is 1. The molecule has 1 amide bonds. The van der Waals surface area contributed by atoms with Crippen LogP contribution in [0.15, 0.2) is 54.6 Å². The summed E-state index contributed by atoms with van der Waals surface area (Å²) in [5.41, 5.74) is 0.843. The van der Waals surface area contributed by atoms with Crippen molar-refractivity contribution in [1.29, 1.82) is 0 Å². The fraction of sp³-hybridized carbons (Fsp3) is 0.300. The van der Waals surface area contributed by atoms with Crippen molar-refractivity contribution in [2.45, 2.75) is 51.2 Å². The molecule has 5 rings (SSSR count). The van der Waals surface area contributed by atoms with Crippen LogP contribution in [0.2, 0.25) is 5.02 Å². The number of nitrogens with zero attached hydrogens (tertiary/aromatic N) is 2. The largest absolute Gasteiger partial charge is 0.479 e. The molecule has 0 spiro atoms. The van der Waals surface area contributed by atoms with Crippen LogP contribution >= 0.6 is 11.6 Å². The summed E-state index contributed by atoms with van der Waals surface area (Å²) in [6.45, 7) is 1.31. The van der Waals surface area contributed by atoms with E-state index in [1.54, 1.807) is 28.8 Å². The lowest BCUT2D eigenvalue weighted by Crippen LogP contribution is -2.34. The van der Waals surface area contributed by atoms with E-state index in [2.05, 4.69) is 10.3 Å². The van der Waals surface area contributed by atoms with Crippen LogP contribution in [0.5, 0.6) is 5.75 Å². The third-order valence-corrected chi connectivity index (χ3v) is 7.59. The number of hydrogen-bond acceptors (Lipinski definition) is 4. The second-order valence-corrected chi connectivity index (χ2v) is 10.6. The minimum Gasteiger partial charge on any atom is -0.479 e. The number of carboxylic acid groups (broad SMARTS) is 1. The number of ether oxygens (including phenoxy) is 1. The van der Waals surface area contributed by atoms with Gasteiger partial charge in [0.05, 0.1) is 16.7 Å². The number of hydrogen-bond donors (Lipinski definition) is 2. The molecule has 3 aromatic carbocycles. The summed E-state index contributed by atoms with van der Waals surface area (Å²) in [6.07, 6.45) is 2.96. The van der Waals surface area contributed by atoms with Crippen LogP contribution in [0.3, 0.4) is 0 Å². The van der Waals surface area contributed by atoms with Crippen molar-refractivity contribution < 1.29 is 32.6 Å². The molecule has 1 aromatic heterocycles. The number of imidazole rings is 1. The first-order chi connectivity index (χ1) is 19.6. The number of rotatable bonds is 8. The average Bonchev–Trinajstić information content (AvgIpc) is 3.29. The Balaban J connectivity index is 1.59. The summed E-state index contributed by atoms with van der Waals surface area (Å²) in [5, 5.41) is 12.2. The van der Waals surface area contributed by atoms with Crippen LogP contribution in [0.25, 0.3) is 22.4 Å². The zero-order chi connectivity index (χ0) is 29.3. The van der Waals surface area contributed by atoms with Crippen molar-refractivity contribution in [2.24, 2.45) is 5.92 Å². The third kappa shape index (κ3) is 6.02. The Hall–Kier alpha value is -4.05. The number of anilines is 1. The lowest BCUT2D eigenvalue weighted by Gasteiger charge is -2.32. The van der Waals surface area contributed by atoms with E-state index in [1.165, 1.54) is 19.1 Å². The summed E-state index contributed by atoms with van der Waals surface area (Å²) in [4.78, 5) is 29.7. The zero-order valence-corrected chi connectivity index (χ0v) is 22.8. The van der Waals surface area contributed by atoms with Gasteiger partial charge in [0.2, 0.25) is 5.91 Å². The molecule has 11 heteroatoms. The first kappa shape index (κ1) is 28.5. The summed E-state index contributed by atoms with van der Waals surface area (Å²) < 4.78 is 50.7. The van der Waals surface area contributed by atoms with Gasteiger partial charge < -0.3 is 19.7 Å². The van der Waals surface area contributed by atoms with Gasteiger partial charge in [-0.2, -0.15) is 0 Å². The number of carbonyl (C=O) groups is 2. The summed E-state index contributed by atoms with van der Waals surface area (Å²) in [5.74, 6) is -4.62. The highest BCUT2D eigenvalue weighted by Crippen LogP contribution is 2.39. The van der Waals surface area contributed by atoms with Gasteiger partial charge in [0.25, 0.3) is 0 Å². The van der Waals surface area contributed by atoms with Crippen molar-refractivity contribution in [1.82, 2.24) is 9.55 Å². The Morgan fingerprint density at radius 3 is 2.34 bits per heavy atom. The molecule has 0 aliphatic heterocycles. The molecule has 0 bridgehead atoms. The van der Waals surface area contributed by atoms with E-state index in [9.17, 15) is 18.4 Å². The molecule has 2 N–H and O–H groups in total. The highest BCUT2D eigenvalue weighted by molar-refractivity contribution is 6.30. The van der Waals surface area contributed by atoms with Gasteiger partial charge >= 0.3 is 5.97 Å². The predicted molar refractivity (Wildman–Crippen MR) is 148 cm³/mol. The fourth-order valence-electron chi connectivity index (χ4n) is 5.30. The first-order valence-electron chi connectivity index (χ1n) is 13.2. The molecule has 4 aromatic rings. The molecule has 2 atom stereocenters. The number of aliphatic carboxylic acids is 1. The molecule has 214 valence electrons. The van der Waals surface area contributed by atoms with Crippen LogP contribution in [-0.2, 0) is 9.59 Å². The topological polar surface area (TPSA) is 93.5 Å². The van der Waals surface area contributed by atoms with Gasteiger partial charge in [-0.05, 0) is 62.1 Å². The quantitative estimate of drug-likeness (QED) is 0.225. The smallest absolute Gasteiger partial charge is 0.344 e. The van der Waals surface area contributed by atoms with Gasteiger partial charge in [0.1, 0.15) is 23.4 Å². The third-order valence-electron chi connectivity index (χ3n) is 7.34. The number of halogens is 4. The lowest BCUT2D eigenvalue weighted by atomic mass is 9.83. The molecule has 1 aliphatic carbocycles. The molecule has 1 saturated carbocycles. The maximum Gasteiger partial charge on any atom is 0.344 e. The number of fused-ring (bicyclic) bond motifs is 1. The molecule has 1 fully saturated rings. The van der Waals surface area contributed by atoms with E-state index in [0.29, 0.717) is 29.3 Å². The number of carboxylic acids is 1. The molecule has 7 nitrogen and oxygen atoms in total. The van der Waals surface area contributed by atoms with Gasteiger partial charge in [-0.25, -0.2) is 22.9 Å². The van der Waals surface area contributed by atoms with Crippen molar-refractivity contribution in [3.05, 3.63) is 77.1 Å². The Bertz CT molecular complexity index is 1600. The van der Waals surface area contributed by atoms with Crippen LogP contribution in [-0.4, -0.2) is 32.6 Å². The fourth-order valence-corrected chi connectivity index (χ4v) is 5.42. The first-order valence-corrected chi connectivity index (χ1v) is 13.6. The average molecular weight is 586 g/mol. The Morgan fingerprint density at radius 1 is 1.00 bits per heavy atom. The number of nitrogens with one attached hydrogen (secondary N) is 1. The second-order valence-electron chi connectivity index (χ2n) is 10.1. The Morgan fingerprint density at radius 2 is 1.68 bits per heavy atom. The standard InChI is InChI=1S/C30H27ClF3N3O4/c1-16(30(39)40)41-20-11-12-24(23(34)13-20)36-29(38)27(17-5-3-2-4-6-17)37-26-15-22(33)21(32)14-25(26)35-28(37)18-7-9-19(31)10-8-18/h7-17,27H,2-6H2,1H3,(H,36,38)(H,39,40). The Kier molecular flexibility index (Phi) is 8.21. The summed E-state index contributed by atoms with van der Waals surface area (Å²) in [6, 6.07) is 11.5. The number of amides is 1. The minimum absolute atomic E-state index is 0.0117. The highest BCUT2D eigenvalue weighted by atomic mass is 35.5. The normalized spacial score (nSPS) is 15.4.